The van der Waals surface area contributed by atoms with Crippen LogP contribution < -0.4 is 4.74 Å². The number of aliphatic hydroxyl groups is 1. The zero-order valence-electron chi connectivity index (χ0n) is 19.8. The molecule has 0 saturated carbocycles. The summed E-state index contributed by atoms with van der Waals surface area (Å²) >= 11 is 0. The number of benzene rings is 2. The van der Waals surface area contributed by atoms with E-state index < -0.39 is 5.91 Å². The summed E-state index contributed by atoms with van der Waals surface area (Å²) in [6.45, 7) is 5.82. The minimum atomic E-state index is -0.431. The number of rotatable bonds is 13. The number of aliphatic imine (C=N–C) groups is 1. The van der Waals surface area contributed by atoms with Gasteiger partial charge >= 0.3 is 0 Å². The molecular weight excluding hydrogens is 439 g/mol. The van der Waals surface area contributed by atoms with Crippen LogP contribution in [0.4, 0.5) is 4.39 Å². The lowest BCUT2D eigenvalue weighted by Gasteiger charge is -2.31. The predicted molar refractivity (Wildman–Crippen MR) is 128 cm³/mol. The minimum absolute atomic E-state index is 0.0470. The van der Waals surface area contributed by atoms with Crippen LogP contribution in [0.5, 0.6) is 5.75 Å². The van der Waals surface area contributed by atoms with Gasteiger partial charge < -0.3 is 24.5 Å². The highest BCUT2D eigenvalue weighted by molar-refractivity contribution is 5.93. The van der Waals surface area contributed by atoms with Gasteiger partial charge in [-0.2, -0.15) is 0 Å². The average Bonchev–Trinajstić information content (AvgIpc) is 2.84. The number of likely N-dealkylation sites (N-methyl/N-ethyl adjacent to an activating group) is 1. The van der Waals surface area contributed by atoms with Gasteiger partial charge in [0.1, 0.15) is 17.3 Å². The maximum absolute atomic E-state index is 13.5. The monoisotopic (exact) mass is 470 g/mol. The minimum Gasteiger partial charge on any atom is -0.473 e. The van der Waals surface area contributed by atoms with Crippen molar-refractivity contribution in [3.63, 3.8) is 0 Å². The summed E-state index contributed by atoms with van der Waals surface area (Å²) < 4.78 is 19.5. The standard InChI is InChI=1S/C25H31FN4O4/c1-19-7-5-8-22(15-19)34-18-30(16-20-9-11-21(26)12-10-20)23(24(27-2)29(4)17-32)25(33)28(3)13-6-14-31/h5,7-12,15,17,31H,2,6,13-14,16,18H2,1,3-4H3/b24-23+. The van der Waals surface area contributed by atoms with Gasteiger partial charge in [0.05, 0.1) is 0 Å². The van der Waals surface area contributed by atoms with Gasteiger partial charge in [-0.15, -0.1) is 0 Å². The molecule has 34 heavy (non-hydrogen) atoms. The van der Waals surface area contributed by atoms with Crippen molar-refractivity contribution in [2.24, 2.45) is 4.99 Å². The van der Waals surface area contributed by atoms with Gasteiger partial charge in [-0.1, -0.05) is 24.3 Å². The number of carbonyl (C=O) groups is 2. The number of carbonyl (C=O) groups excluding carboxylic acids is 2. The number of hydrogen-bond donors (Lipinski definition) is 1. The highest BCUT2D eigenvalue weighted by Gasteiger charge is 2.27. The molecule has 182 valence electrons. The molecule has 0 fully saturated rings. The van der Waals surface area contributed by atoms with E-state index in [0.717, 1.165) is 16.0 Å². The molecule has 0 bridgehead atoms. The molecule has 0 aromatic heterocycles. The number of nitrogens with zero attached hydrogens (tertiary/aromatic N) is 4. The van der Waals surface area contributed by atoms with E-state index in [-0.39, 0.29) is 43.8 Å². The summed E-state index contributed by atoms with van der Waals surface area (Å²) in [5.74, 6) is -0.164. The van der Waals surface area contributed by atoms with Crippen molar-refractivity contribution in [2.75, 3.05) is 34.0 Å². The fourth-order valence-electron chi connectivity index (χ4n) is 3.22. The highest BCUT2D eigenvalue weighted by Crippen LogP contribution is 2.22. The number of hydrogen-bond acceptors (Lipinski definition) is 6. The van der Waals surface area contributed by atoms with Gasteiger partial charge in [0.2, 0.25) is 6.41 Å². The summed E-state index contributed by atoms with van der Waals surface area (Å²) in [6, 6.07) is 13.3. The number of aliphatic hydroxyl groups excluding tert-OH is 1. The van der Waals surface area contributed by atoms with Crippen molar-refractivity contribution in [2.45, 2.75) is 19.9 Å². The number of halogens is 1. The number of amides is 2. The van der Waals surface area contributed by atoms with E-state index in [1.54, 1.807) is 30.1 Å². The summed E-state index contributed by atoms with van der Waals surface area (Å²) in [6.07, 6.45) is 0.913. The maximum Gasteiger partial charge on any atom is 0.273 e. The molecule has 0 unspecified atom stereocenters. The molecule has 2 amide bonds. The van der Waals surface area contributed by atoms with Gasteiger partial charge in [-0.05, 0) is 55.5 Å². The number of aryl methyl sites for hydroxylation is 1. The zero-order chi connectivity index (χ0) is 25.1. The van der Waals surface area contributed by atoms with Crippen molar-refractivity contribution in [3.05, 3.63) is 77.0 Å². The molecular formula is C25H31FN4O4. The average molecular weight is 471 g/mol. The van der Waals surface area contributed by atoms with Gasteiger partial charge in [0, 0.05) is 33.8 Å². The molecule has 0 spiro atoms. The van der Waals surface area contributed by atoms with Crippen LogP contribution in [0, 0.1) is 12.7 Å². The molecule has 1 N–H and O–H groups in total. The molecule has 0 heterocycles. The molecule has 0 atom stereocenters. The molecule has 0 radical (unpaired) electrons. The lowest BCUT2D eigenvalue weighted by atomic mass is 10.2. The lowest BCUT2D eigenvalue weighted by Crippen LogP contribution is -2.41. The topological polar surface area (TPSA) is 85.7 Å². The maximum atomic E-state index is 13.5. The Labute approximate surface area is 199 Å². The van der Waals surface area contributed by atoms with Crippen molar-refractivity contribution in [1.29, 1.82) is 0 Å². The third kappa shape index (κ3) is 7.41. The third-order valence-electron chi connectivity index (χ3n) is 5.03. The molecule has 2 aromatic carbocycles. The van der Waals surface area contributed by atoms with Crippen LogP contribution in [0.1, 0.15) is 17.5 Å². The predicted octanol–water partition coefficient (Wildman–Crippen LogP) is 2.77. The van der Waals surface area contributed by atoms with Crippen LogP contribution in [0.2, 0.25) is 0 Å². The van der Waals surface area contributed by atoms with E-state index >= 15 is 0 Å². The quantitative estimate of drug-likeness (QED) is 0.211. The van der Waals surface area contributed by atoms with Crippen LogP contribution in [-0.4, -0.2) is 72.8 Å². The fraction of sp³-hybridized carbons (Fsp3) is 0.320. The van der Waals surface area contributed by atoms with E-state index in [2.05, 4.69) is 11.7 Å². The highest BCUT2D eigenvalue weighted by atomic mass is 19.1. The normalized spacial score (nSPS) is 11.3. The first kappa shape index (κ1) is 26.5. The summed E-state index contributed by atoms with van der Waals surface area (Å²) in [4.78, 5) is 33.3. The van der Waals surface area contributed by atoms with Crippen LogP contribution in [0.3, 0.4) is 0 Å². The van der Waals surface area contributed by atoms with Crippen molar-refractivity contribution >= 4 is 19.0 Å². The van der Waals surface area contributed by atoms with Gasteiger partial charge in [-0.25, -0.2) is 9.38 Å². The molecule has 2 aromatic rings. The first-order valence-corrected chi connectivity index (χ1v) is 10.7. The largest absolute Gasteiger partial charge is 0.473 e. The molecule has 0 aliphatic heterocycles. The van der Waals surface area contributed by atoms with E-state index in [4.69, 9.17) is 4.74 Å². The Bertz CT molecular complexity index is 1010. The van der Waals surface area contributed by atoms with Gasteiger partial charge in [-0.3, -0.25) is 9.59 Å². The molecule has 0 saturated heterocycles. The van der Waals surface area contributed by atoms with Crippen molar-refractivity contribution in [3.8, 4) is 5.75 Å². The third-order valence-corrected chi connectivity index (χ3v) is 5.03. The van der Waals surface area contributed by atoms with E-state index in [1.165, 1.54) is 24.1 Å². The second-order valence-electron chi connectivity index (χ2n) is 7.76. The lowest BCUT2D eigenvalue weighted by molar-refractivity contribution is -0.128. The van der Waals surface area contributed by atoms with Gasteiger partial charge in [0.15, 0.2) is 12.6 Å². The summed E-state index contributed by atoms with van der Waals surface area (Å²) in [5.41, 5.74) is 1.81. The van der Waals surface area contributed by atoms with Crippen LogP contribution in [0.15, 0.2) is 65.0 Å². The zero-order valence-corrected chi connectivity index (χ0v) is 19.8. The first-order valence-electron chi connectivity index (χ1n) is 10.7. The summed E-state index contributed by atoms with van der Waals surface area (Å²) in [7, 11) is 3.06. The Morgan fingerprint density at radius 1 is 1.21 bits per heavy atom. The molecule has 8 nitrogen and oxygen atoms in total. The van der Waals surface area contributed by atoms with Gasteiger partial charge in [0.25, 0.3) is 5.91 Å². The molecule has 0 aliphatic carbocycles. The number of ether oxygens (including phenoxy) is 1. The van der Waals surface area contributed by atoms with Crippen LogP contribution in [0.25, 0.3) is 0 Å². The Kier molecular flexibility index (Phi) is 10.2. The van der Waals surface area contributed by atoms with E-state index in [9.17, 15) is 19.1 Å². The fourth-order valence-corrected chi connectivity index (χ4v) is 3.22. The van der Waals surface area contributed by atoms with Crippen molar-refractivity contribution in [1.82, 2.24) is 14.7 Å². The van der Waals surface area contributed by atoms with Crippen LogP contribution >= 0.6 is 0 Å². The second kappa shape index (κ2) is 13.1. The molecule has 9 heteroatoms. The SMILES string of the molecule is C=N/C(=C(/C(=O)N(C)CCCO)N(COc1cccc(C)c1)Cc1ccc(F)cc1)N(C)C=O. The summed E-state index contributed by atoms with van der Waals surface area (Å²) in [5, 5.41) is 9.18. The van der Waals surface area contributed by atoms with Crippen molar-refractivity contribution < 1.29 is 23.8 Å². The van der Waals surface area contributed by atoms with Crippen LogP contribution in [-0.2, 0) is 16.1 Å². The smallest absolute Gasteiger partial charge is 0.273 e. The Balaban J connectivity index is 2.53. The molecule has 2 rings (SSSR count). The van der Waals surface area contributed by atoms with E-state index in [0.29, 0.717) is 18.6 Å². The van der Waals surface area contributed by atoms with E-state index in [1.807, 2.05) is 25.1 Å². The molecule has 0 aliphatic rings. The second-order valence-corrected chi connectivity index (χ2v) is 7.76. The Morgan fingerprint density at radius 2 is 1.91 bits per heavy atom. The Hall–Kier alpha value is -3.72. The Morgan fingerprint density at radius 3 is 2.50 bits per heavy atom. The first-order chi connectivity index (χ1) is 16.3.